The molecule has 1 fully saturated rings. The van der Waals surface area contributed by atoms with Crippen molar-refractivity contribution in [1.82, 2.24) is 20.5 Å². The van der Waals surface area contributed by atoms with E-state index in [9.17, 15) is 19.5 Å². The molecular formula is C29H40N4O5. The molecule has 1 aliphatic heterocycles. The molecule has 0 bridgehead atoms. The van der Waals surface area contributed by atoms with Gasteiger partial charge in [-0.05, 0) is 74.8 Å². The lowest BCUT2D eigenvalue weighted by Gasteiger charge is -2.31. The van der Waals surface area contributed by atoms with Crippen molar-refractivity contribution < 1.29 is 24.2 Å². The Morgan fingerprint density at radius 2 is 1.82 bits per heavy atom. The van der Waals surface area contributed by atoms with Crippen LogP contribution >= 0.6 is 0 Å². The molecule has 2 aromatic rings. The normalized spacial score (nSPS) is 17.2. The van der Waals surface area contributed by atoms with Crippen LogP contribution in [-0.2, 0) is 14.3 Å². The van der Waals surface area contributed by atoms with Gasteiger partial charge in [0.15, 0.2) is 0 Å². The maximum atomic E-state index is 13.4. The number of likely N-dealkylation sites (tertiary alicyclic amines) is 1. The largest absolute Gasteiger partial charge is 0.444 e. The molecule has 3 atom stereocenters. The van der Waals surface area contributed by atoms with Gasteiger partial charge in [0.1, 0.15) is 17.7 Å². The third-order valence-electron chi connectivity index (χ3n) is 6.59. The second-order valence-electron chi connectivity index (χ2n) is 11.1. The standard InChI is InChI=1S/C29H40N4O5/c1-18(2)25(32-28(37)38-29(4,5)6)27(36)33-15-7-8-24(33)26(35)31-23(17-34)21-11-9-20(10-12-21)22-13-14-30-16-19(22)3/h9-14,16,18,23-25,34H,7-8,15,17H2,1-6H3,(H,31,35)(H,32,37)/t23-,24-,25-/m0/s1. The summed E-state index contributed by atoms with van der Waals surface area (Å²) in [5, 5.41) is 15.7. The van der Waals surface area contributed by atoms with Crippen LogP contribution in [0.5, 0.6) is 0 Å². The number of aromatic nitrogens is 1. The number of hydrogen-bond donors (Lipinski definition) is 3. The Bertz CT molecular complexity index is 1130. The van der Waals surface area contributed by atoms with Crippen LogP contribution in [0.2, 0.25) is 0 Å². The molecule has 0 aliphatic carbocycles. The molecule has 2 heterocycles. The third kappa shape index (κ3) is 7.31. The van der Waals surface area contributed by atoms with Gasteiger partial charge in [-0.25, -0.2) is 4.79 Å². The first-order valence-electron chi connectivity index (χ1n) is 13.1. The topological polar surface area (TPSA) is 121 Å². The molecule has 3 amide bonds. The number of ether oxygens (including phenoxy) is 1. The van der Waals surface area contributed by atoms with Crippen molar-refractivity contribution in [2.45, 2.75) is 78.1 Å². The number of rotatable bonds is 8. The SMILES string of the molecule is Cc1cnccc1-c1ccc([C@H](CO)NC(=O)[C@@H]2CCCN2C(=O)[C@@H](NC(=O)OC(C)(C)C)C(C)C)cc1. The second kappa shape index (κ2) is 12.4. The van der Waals surface area contributed by atoms with Crippen molar-refractivity contribution in [3.05, 3.63) is 53.9 Å². The lowest BCUT2D eigenvalue weighted by Crippen LogP contribution is -2.56. The number of aryl methyl sites for hydroxylation is 1. The molecule has 0 spiro atoms. The summed E-state index contributed by atoms with van der Waals surface area (Å²) in [6.07, 6.45) is 4.06. The molecule has 1 aromatic heterocycles. The number of carbonyl (C=O) groups excluding carboxylic acids is 3. The van der Waals surface area contributed by atoms with E-state index in [0.29, 0.717) is 19.4 Å². The van der Waals surface area contributed by atoms with E-state index in [-0.39, 0.29) is 24.3 Å². The van der Waals surface area contributed by atoms with E-state index in [1.165, 1.54) is 4.90 Å². The first-order chi connectivity index (χ1) is 17.9. The molecule has 3 rings (SSSR count). The van der Waals surface area contributed by atoms with E-state index < -0.39 is 29.8 Å². The van der Waals surface area contributed by atoms with Crippen LogP contribution in [0.25, 0.3) is 11.1 Å². The van der Waals surface area contributed by atoms with Gasteiger partial charge < -0.3 is 25.4 Å². The first kappa shape index (κ1) is 29.1. The molecule has 3 N–H and O–H groups in total. The highest BCUT2D eigenvalue weighted by atomic mass is 16.6. The molecule has 0 unspecified atom stereocenters. The summed E-state index contributed by atoms with van der Waals surface area (Å²) in [6, 6.07) is 7.49. The zero-order valence-corrected chi connectivity index (χ0v) is 23.2. The van der Waals surface area contributed by atoms with Crippen molar-refractivity contribution in [3.63, 3.8) is 0 Å². The number of nitrogens with one attached hydrogen (secondary N) is 2. The molecule has 1 aromatic carbocycles. The number of nitrogens with zero attached hydrogens (tertiary/aromatic N) is 2. The lowest BCUT2D eigenvalue weighted by atomic mass is 9.99. The number of hydrogen-bond acceptors (Lipinski definition) is 6. The Hall–Kier alpha value is -3.46. The summed E-state index contributed by atoms with van der Waals surface area (Å²) in [5.74, 6) is -0.850. The molecular weight excluding hydrogens is 484 g/mol. The zero-order valence-electron chi connectivity index (χ0n) is 23.2. The molecule has 0 radical (unpaired) electrons. The lowest BCUT2D eigenvalue weighted by molar-refractivity contribution is -0.141. The third-order valence-corrected chi connectivity index (χ3v) is 6.59. The van der Waals surface area contributed by atoms with Crippen LogP contribution in [0.1, 0.15) is 64.6 Å². The highest BCUT2D eigenvalue weighted by molar-refractivity contribution is 5.92. The second-order valence-corrected chi connectivity index (χ2v) is 11.1. The zero-order chi connectivity index (χ0) is 28.0. The Morgan fingerprint density at radius 1 is 1.13 bits per heavy atom. The first-order valence-corrected chi connectivity index (χ1v) is 13.1. The molecule has 9 nitrogen and oxygen atoms in total. The highest BCUT2D eigenvalue weighted by Gasteiger charge is 2.39. The number of aliphatic hydroxyl groups is 1. The monoisotopic (exact) mass is 524 g/mol. The van der Waals surface area contributed by atoms with Crippen LogP contribution < -0.4 is 10.6 Å². The van der Waals surface area contributed by atoms with Crippen molar-refractivity contribution >= 4 is 17.9 Å². The maximum absolute atomic E-state index is 13.4. The molecule has 0 saturated carbocycles. The Balaban J connectivity index is 1.70. The minimum Gasteiger partial charge on any atom is -0.444 e. The summed E-state index contributed by atoms with van der Waals surface area (Å²) in [7, 11) is 0. The smallest absolute Gasteiger partial charge is 0.408 e. The molecule has 9 heteroatoms. The maximum Gasteiger partial charge on any atom is 0.408 e. The Morgan fingerprint density at radius 3 is 2.39 bits per heavy atom. The minimum atomic E-state index is -0.823. The van der Waals surface area contributed by atoms with Crippen molar-refractivity contribution in [3.8, 4) is 11.1 Å². The van der Waals surface area contributed by atoms with E-state index in [2.05, 4.69) is 15.6 Å². The summed E-state index contributed by atoms with van der Waals surface area (Å²) < 4.78 is 5.33. The number of amides is 3. The van der Waals surface area contributed by atoms with E-state index in [1.807, 2.05) is 57.3 Å². The van der Waals surface area contributed by atoms with Gasteiger partial charge in [0, 0.05) is 18.9 Å². The van der Waals surface area contributed by atoms with Crippen molar-refractivity contribution in [1.29, 1.82) is 0 Å². The quantitative estimate of drug-likeness (QED) is 0.484. The van der Waals surface area contributed by atoms with Crippen molar-refractivity contribution in [2.24, 2.45) is 5.92 Å². The average Bonchev–Trinajstić information content (AvgIpc) is 3.35. The van der Waals surface area contributed by atoms with Crippen LogP contribution in [0.3, 0.4) is 0 Å². The average molecular weight is 525 g/mol. The number of benzene rings is 1. The number of carbonyl (C=O) groups is 3. The number of pyridine rings is 1. The van der Waals surface area contributed by atoms with Gasteiger partial charge in [-0.15, -0.1) is 0 Å². The summed E-state index contributed by atoms with van der Waals surface area (Å²) in [4.78, 5) is 44.8. The van der Waals surface area contributed by atoms with Gasteiger partial charge in [-0.2, -0.15) is 0 Å². The minimum absolute atomic E-state index is 0.202. The Kier molecular flexibility index (Phi) is 9.49. The molecule has 1 saturated heterocycles. The number of aliphatic hydroxyl groups excluding tert-OH is 1. The van der Waals surface area contributed by atoms with Gasteiger partial charge in [0.25, 0.3) is 0 Å². The molecule has 1 aliphatic rings. The predicted octanol–water partition coefficient (Wildman–Crippen LogP) is 3.75. The summed E-state index contributed by atoms with van der Waals surface area (Å²) >= 11 is 0. The van der Waals surface area contributed by atoms with E-state index >= 15 is 0 Å². The highest BCUT2D eigenvalue weighted by Crippen LogP contribution is 2.26. The Labute approximate surface area is 225 Å². The van der Waals surface area contributed by atoms with Crippen LogP contribution in [0.15, 0.2) is 42.7 Å². The van der Waals surface area contributed by atoms with E-state index in [1.54, 1.807) is 27.0 Å². The van der Waals surface area contributed by atoms with E-state index in [0.717, 1.165) is 22.3 Å². The van der Waals surface area contributed by atoms with Crippen molar-refractivity contribution in [2.75, 3.05) is 13.2 Å². The van der Waals surface area contributed by atoms with Crippen LogP contribution in [-0.4, -0.2) is 63.7 Å². The fourth-order valence-electron chi connectivity index (χ4n) is 4.62. The molecule has 38 heavy (non-hydrogen) atoms. The van der Waals surface area contributed by atoms with Gasteiger partial charge in [0.05, 0.1) is 12.6 Å². The van der Waals surface area contributed by atoms with Crippen LogP contribution in [0, 0.1) is 12.8 Å². The van der Waals surface area contributed by atoms with Gasteiger partial charge in [0.2, 0.25) is 11.8 Å². The van der Waals surface area contributed by atoms with Gasteiger partial charge in [-0.1, -0.05) is 38.1 Å². The fourth-order valence-corrected chi connectivity index (χ4v) is 4.62. The predicted molar refractivity (Wildman–Crippen MR) is 145 cm³/mol. The van der Waals surface area contributed by atoms with Gasteiger partial charge >= 0.3 is 6.09 Å². The van der Waals surface area contributed by atoms with Crippen LogP contribution in [0.4, 0.5) is 4.79 Å². The molecule has 206 valence electrons. The number of alkyl carbamates (subject to hydrolysis) is 1. The van der Waals surface area contributed by atoms with Gasteiger partial charge in [-0.3, -0.25) is 14.6 Å². The van der Waals surface area contributed by atoms with E-state index in [4.69, 9.17) is 4.74 Å². The fraction of sp³-hybridized carbons (Fsp3) is 0.517. The summed E-state index contributed by atoms with van der Waals surface area (Å²) in [6.45, 7) is 11.1. The summed E-state index contributed by atoms with van der Waals surface area (Å²) in [5.41, 5.74) is 3.20.